The molecule has 1 aromatic carbocycles. The first kappa shape index (κ1) is 13.6. The summed E-state index contributed by atoms with van der Waals surface area (Å²) in [6, 6.07) is 3.77. The number of ether oxygens (including phenoxy) is 1. The fourth-order valence-corrected chi connectivity index (χ4v) is 1.19. The Bertz CT molecular complexity index is 522. The normalized spacial score (nSPS) is 9.17. The average Bonchev–Trinajstić information content (AvgIpc) is 2.31. The molecule has 0 radical (unpaired) electrons. The minimum absolute atomic E-state index is 0.0215. The molecule has 0 atom stereocenters. The molecule has 0 fully saturated rings. The van der Waals surface area contributed by atoms with E-state index >= 15 is 0 Å². The van der Waals surface area contributed by atoms with Gasteiger partial charge >= 0.3 is 11.9 Å². The summed E-state index contributed by atoms with van der Waals surface area (Å²) in [5.74, 6) is 3.35. The van der Waals surface area contributed by atoms with Crippen LogP contribution in [0.25, 0.3) is 0 Å². The molecule has 0 aliphatic rings. The number of aromatic hydroxyl groups is 1. The fourth-order valence-electron chi connectivity index (χ4n) is 1.19. The number of hydrogen-bond donors (Lipinski definition) is 2. The van der Waals surface area contributed by atoms with Gasteiger partial charge in [0.2, 0.25) is 0 Å². The lowest BCUT2D eigenvalue weighted by Gasteiger charge is -1.99. The van der Waals surface area contributed by atoms with Gasteiger partial charge in [0.25, 0.3) is 0 Å². The molecule has 1 rings (SSSR count). The summed E-state index contributed by atoms with van der Waals surface area (Å²) in [4.78, 5) is 21.7. The molecule has 18 heavy (non-hydrogen) atoms. The number of benzene rings is 1. The van der Waals surface area contributed by atoms with E-state index in [2.05, 4.69) is 16.6 Å². The zero-order valence-electron chi connectivity index (χ0n) is 9.77. The number of esters is 1. The van der Waals surface area contributed by atoms with Gasteiger partial charge < -0.3 is 14.9 Å². The minimum Gasteiger partial charge on any atom is -0.507 e. The Morgan fingerprint density at radius 3 is 2.72 bits per heavy atom. The van der Waals surface area contributed by atoms with Gasteiger partial charge in [-0.05, 0) is 25.1 Å². The molecule has 0 saturated carbocycles. The lowest BCUT2D eigenvalue weighted by atomic mass is 10.1. The van der Waals surface area contributed by atoms with E-state index in [9.17, 15) is 14.7 Å². The maximum absolute atomic E-state index is 11.0. The molecule has 5 nitrogen and oxygen atoms in total. The largest absolute Gasteiger partial charge is 0.507 e. The van der Waals surface area contributed by atoms with Crippen molar-refractivity contribution in [3.05, 3.63) is 29.3 Å². The highest BCUT2D eigenvalue weighted by Gasteiger charge is 2.06. The highest BCUT2D eigenvalue weighted by Crippen LogP contribution is 2.17. The Kier molecular flexibility index (Phi) is 4.76. The highest BCUT2D eigenvalue weighted by atomic mass is 16.5. The van der Waals surface area contributed by atoms with Crippen LogP contribution >= 0.6 is 0 Å². The lowest BCUT2D eigenvalue weighted by Crippen LogP contribution is -2.01. The van der Waals surface area contributed by atoms with E-state index in [-0.39, 0.29) is 29.9 Å². The van der Waals surface area contributed by atoms with E-state index in [0.717, 1.165) is 0 Å². The second-order valence-corrected chi connectivity index (χ2v) is 3.32. The van der Waals surface area contributed by atoms with E-state index < -0.39 is 11.9 Å². The first-order valence-corrected chi connectivity index (χ1v) is 5.25. The monoisotopic (exact) mass is 248 g/mol. The summed E-state index contributed by atoms with van der Waals surface area (Å²) >= 11 is 0. The lowest BCUT2D eigenvalue weighted by molar-refractivity contribution is -0.141. The van der Waals surface area contributed by atoms with Gasteiger partial charge in [-0.3, -0.25) is 4.79 Å². The highest BCUT2D eigenvalue weighted by molar-refractivity contribution is 5.88. The number of carboxylic acid groups (broad SMARTS) is 1. The Balaban J connectivity index is 2.84. The van der Waals surface area contributed by atoms with Crippen molar-refractivity contribution in [2.75, 3.05) is 6.61 Å². The van der Waals surface area contributed by atoms with Crippen molar-refractivity contribution in [2.24, 2.45) is 0 Å². The van der Waals surface area contributed by atoms with E-state index in [1.807, 2.05) is 0 Å². The van der Waals surface area contributed by atoms with Gasteiger partial charge in [0.05, 0.1) is 17.7 Å². The molecular formula is C13H12O5. The van der Waals surface area contributed by atoms with E-state index in [4.69, 9.17) is 5.11 Å². The number of aromatic carboxylic acids is 1. The van der Waals surface area contributed by atoms with Gasteiger partial charge in [-0.25, -0.2) is 4.79 Å². The molecule has 2 N–H and O–H groups in total. The zero-order valence-corrected chi connectivity index (χ0v) is 9.77. The second-order valence-electron chi connectivity index (χ2n) is 3.32. The molecular weight excluding hydrogens is 236 g/mol. The van der Waals surface area contributed by atoms with Crippen LogP contribution < -0.4 is 0 Å². The predicted molar refractivity (Wildman–Crippen MR) is 63.2 cm³/mol. The topological polar surface area (TPSA) is 83.8 Å². The van der Waals surface area contributed by atoms with Crippen LogP contribution in [0.1, 0.15) is 29.3 Å². The molecule has 0 spiro atoms. The smallest absolute Gasteiger partial charge is 0.335 e. The number of hydrogen-bond acceptors (Lipinski definition) is 4. The summed E-state index contributed by atoms with van der Waals surface area (Å²) in [5.41, 5.74) is 0.187. The molecule has 0 saturated heterocycles. The minimum atomic E-state index is -1.11. The number of carbonyl (C=O) groups excluding carboxylic acids is 1. The van der Waals surface area contributed by atoms with Crippen LogP contribution in [0.5, 0.6) is 5.75 Å². The Labute approximate surface area is 104 Å². The number of carbonyl (C=O) groups is 2. The molecule has 1 aromatic rings. The standard InChI is InChI=1S/C13H12O5/c1-2-18-12(15)5-3-4-9-8-10(13(16)17)6-7-11(9)14/h6-8,14H,2,5H2,1H3,(H,16,17). The van der Waals surface area contributed by atoms with Crippen LogP contribution in [0.4, 0.5) is 0 Å². The molecule has 94 valence electrons. The summed E-state index contributed by atoms with van der Waals surface area (Å²) in [7, 11) is 0. The number of phenolic OH excluding ortho intramolecular Hbond substituents is 1. The van der Waals surface area contributed by atoms with Crippen molar-refractivity contribution in [1.29, 1.82) is 0 Å². The number of carboxylic acids is 1. The van der Waals surface area contributed by atoms with Crippen molar-refractivity contribution >= 4 is 11.9 Å². The first-order chi connectivity index (χ1) is 8.54. The molecule has 0 amide bonds. The van der Waals surface area contributed by atoms with Crippen molar-refractivity contribution in [2.45, 2.75) is 13.3 Å². The van der Waals surface area contributed by atoms with Crippen LogP contribution in [0.15, 0.2) is 18.2 Å². The molecule has 0 aliphatic carbocycles. The van der Waals surface area contributed by atoms with Gasteiger partial charge in [-0.15, -0.1) is 0 Å². The predicted octanol–water partition coefficient (Wildman–Crippen LogP) is 1.40. The van der Waals surface area contributed by atoms with E-state index in [1.54, 1.807) is 6.92 Å². The quantitative estimate of drug-likeness (QED) is 0.624. The van der Waals surface area contributed by atoms with Crippen LogP contribution in [-0.4, -0.2) is 28.8 Å². The van der Waals surface area contributed by atoms with Crippen molar-refractivity contribution < 1.29 is 24.5 Å². The van der Waals surface area contributed by atoms with Crippen LogP contribution in [0.2, 0.25) is 0 Å². The molecule has 0 aromatic heterocycles. The summed E-state index contributed by atoms with van der Waals surface area (Å²) in [6.07, 6.45) is -0.107. The van der Waals surface area contributed by atoms with Gasteiger partial charge in [0.1, 0.15) is 12.2 Å². The fraction of sp³-hybridized carbons (Fsp3) is 0.231. The molecule has 0 aliphatic heterocycles. The zero-order chi connectivity index (χ0) is 13.5. The number of phenols is 1. The average molecular weight is 248 g/mol. The van der Waals surface area contributed by atoms with Crippen molar-refractivity contribution in [3.63, 3.8) is 0 Å². The summed E-state index contributed by atoms with van der Waals surface area (Å²) in [5, 5.41) is 18.3. The third kappa shape index (κ3) is 3.83. The third-order valence-corrected chi connectivity index (χ3v) is 2.00. The van der Waals surface area contributed by atoms with Gasteiger partial charge in [-0.2, -0.15) is 0 Å². The number of rotatable bonds is 3. The van der Waals surface area contributed by atoms with Gasteiger partial charge in [0.15, 0.2) is 0 Å². The van der Waals surface area contributed by atoms with E-state index in [1.165, 1.54) is 18.2 Å². The third-order valence-electron chi connectivity index (χ3n) is 2.00. The molecule has 0 heterocycles. The van der Waals surface area contributed by atoms with Crippen molar-refractivity contribution in [3.8, 4) is 17.6 Å². The summed E-state index contributed by atoms with van der Waals surface area (Å²) < 4.78 is 4.67. The molecule has 5 heteroatoms. The van der Waals surface area contributed by atoms with Crippen LogP contribution in [-0.2, 0) is 9.53 Å². The SMILES string of the molecule is CCOC(=O)CC#Cc1cc(C(=O)O)ccc1O. The van der Waals surface area contributed by atoms with Gasteiger partial charge in [0, 0.05) is 0 Å². The Morgan fingerprint density at radius 2 is 2.11 bits per heavy atom. The maximum atomic E-state index is 11.0. The van der Waals surface area contributed by atoms with E-state index in [0.29, 0.717) is 0 Å². The maximum Gasteiger partial charge on any atom is 0.335 e. The second kappa shape index (κ2) is 6.30. The molecule has 0 bridgehead atoms. The van der Waals surface area contributed by atoms with Crippen molar-refractivity contribution in [1.82, 2.24) is 0 Å². The first-order valence-electron chi connectivity index (χ1n) is 5.25. The Morgan fingerprint density at radius 1 is 1.39 bits per heavy atom. The van der Waals surface area contributed by atoms with Gasteiger partial charge in [-0.1, -0.05) is 11.8 Å². The van der Waals surface area contributed by atoms with Crippen LogP contribution in [0.3, 0.4) is 0 Å². The summed E-state index contributed by atoms with van der Waals surface area (Å²) in [6.45, 7) is 1.97. The Hall–Kier alpha value is -2.48. The van der Waals surface area contributed by atoms with Crippen LogP contribution in [0, 0.1) is 11.8 Å². The molecule has 0 unspecified atom stereocenters.